The number of unbranched alkanes of at least 4 members (excludes halogenated alkanes) is 37. The second-order valence-electron chi connectivity index (χ2n) is 23.3. The molecule has 0 aromatic carbocycles. The monoisotopic (exact) mass is 1130 g/mol. The van der Waals surface area contributed by atoms with Crippen molar-refractivity contribution in [1.29, 1.82) is 0 Å². The van der Waals surface area contributed by atoms with E-state index < -0.39 is 80.7 Å². The van der Waals surface area contributed by atoms with E-state index in [4.69, 9.17) is 28.4 Å². The summed E-state index contributed by atoms with van der Waals surface area (Å²) in [5, 5.41) is 72.5. The molecular formula is C65H122O14. The average Bonchev–Trinajstić information content (AvgIpc) is 3.46. The largest absolute Gasteiger partial charge is 0.457 e. The van der Waals surface area contributed by atoms with E-state index in [0.29, 0.717) is 13.0 Å². The lowest BCUT2D eigenvalue weighted by atomic mass is 9.98. The number of rotatable bonds is 55. The third-order valence-corrected chi connectivity index (χ3v) is 16.0. The molecule has 2 aliphatic heterocycles. The molecule has 0 aliphatic carbocycles. The van der Waals surface area contributed by atoms with E-state index in [1.54, 1.807) is 0 Å². The number of allylic oxidation sites excluding steroid dienone is 4. The molecule has 2 aliphatic rings. The summed E-state index contributed by atoms with van der Waals surface area (Å²) in [5.74, 6) is -0.369. The Morgan fingerprint density at radius 1 is 0.418 bits per heavy atom. The van der Waals surface area contributed by atoms with E-state index in [0.717, 1.165) is 44.9 Å². The highest BCUT2D eigenvalue weighted by atomic mass is 16.7. The zero-order chi connectivity index (χ0) is 57.2. The van der Waals surface area contributed by atoms with Gasteiger partial charge in [-0.1, -0.05) is 256 Å². The van der Waals surface area contributed by atoms with Crippen LogP contribution in [-0.2, 0) is 33.2 Å². The molecule has 79 heavy (non-hydrogen) atoms. The Morgan fingerprint density at radius 2 is 0.785 bits per heavy atom. The molecule has 466 valence electrons. The first kappa shape index (κ1) is 73.6. The maximum absolute atomic E-state index is 13.1. The molecule has 11 atom stereocenters. The summed E-state index contributed by atoms with van der Waals surface area (Å²) in [4.78, 5) is 13.1. The van der Waals surface area contributed by atoms with E-state index in [-0.39, 0.29) is 25.6 Å². The Morgan fingerprint density at radius 3 is 1.22 bits per heavy atom. The SMILES string of the molecule is CCCCCCC/C=C\C/C=C\CCCCCCCCCCCCCCOCC(COC1OC(COC2OC(CO)C(O)C(O)C2O)C(O)C(O)C1O)OC(=O)CCCCCCCCCCCCCCCCCCCCCCC. The first-order valence-electron chi connectivity index (χ1n) is 32.9. The number of hydrogen-bond donors (Lipinski definition) is 7. The number of aliphatic hydroxyl groups is 7. The van der Waals surface area contributed by atoms with Crippen molar-refractivity contribution in [2.75, 3.05) is 33.0 Å². The lowest BCUT2D eigenvalue weighted by Crippen LogP contribution is -2.61. The Balaban J connectivity index is 1.66. The Labute approximate surface area is 481 Å². The van der Waals surface area contributed by atoms with Crippen LogP contribution >= 0.6 is 0 Å². The molecule has 2 rings (SSSR count). The lowest BCUT2D eigenvalue weighted by Gasteiger charge is -2.42. The molecule has 11 unspecified atom stereocenters. The Kier molecular flexibility index (Phi) is 48.5. The molecule has 2 fully saturated rings. The number of carbonyl (C=O) groups is 1. The van der Waals surface area contributed by atoms with E-state index >= 15 is 0 Å². The molecule has 14 nitrogen and oxygen atoms in total. The predicted molar refractivity (Wildman–Crippen MR) is 317 cm³/mol. The molecule has 0 saturated carbocycles. The maximum atomic E-state index is 13.1. The Hall–Kier alpha value is -1.53. The highest BCUT2D eigenvalue weighted by Crippen LogP contribution is 2.27. The van der Waals surface area contributed by atoms with Crippen LogP contribution in [0.3, 0.4) is 0 Å². The van der Waals surface area contributed by atoms with Gasteiger partial charge in [-0.05, 0) is 44.9 Å². The lowest BCUT2D eigenvalue weighted by molar-refractivity contribution is -0.332. The molecular weight excluding hydrogens is 1000 g/mol. The molecule has 0 radical (unpaired) electrons. The fourth-order valence-corrected chi connectivity index (χ4v) is 10.7. The fourth-order valence-electron chi connectivity index (χ4n) is 10.7. The normalized spacial score (nSPS) is 24.1. The van der Waals surface area contributed by atoms with E-state index in [9.17, 15) is 40.5 Å². The average molecular weight is 1130 g/mol. The van der Waals surface area contributed by atoms with Crippen LogP contribution in [-0.4, -0.2) is 142 Å². The predicted octanol–water partition coefficient (Wildman–Crippen LogP) is 13.1. The van der Waals surface area contributed by atoms with Crippen LogP contribution in [0.5, 0.6) is 0 Å². The van der Waals surface area contributed by atoms with Crippen LogP contribution in [0.2, 0.25) is 0 Å². The van der Waals surface area contributed by atoms with Gasteiger partial charge in [0.25, 0.3) is 0 Å². The minimum Gasteiger partial charge on any atom is -0.457 e. The first-order valence-corrected chi connectivity index (χ1v) is 32.9. The van der Waals surface area contributed by atoms with Crippen molar-refractivity contribution < 1.29 is 69.0 Å². The molecule has 0 bridgehead atoms. The smallest absolute Gasteiger partial charge is 0.306 e. The highest BCUT2D eigenvalue weighted by molar-refractivity contribution is 5.69. The summed E-state index contributed by atoms with van der Waals surface area (Å²) in [7, 11) is 0. The van der Waals surface area contributed by atoms with Crippen molar-refractivity contribution in [3.63, 3.8) is 0 Å². The van der Waals surface area contributed by atoms with Crippen LogP contribution in [0.1, 0.15) is 284 Å². The van der Waals surface area contributed by atoms with Crippen molar-refractivity contribution in [2.45, 2.75) is 351 Å². The van der Waals surface area contributed by atoms with Gasteiger partial charge in [-0.15, -0.1) is 0 Å². The van der Waals surface area contributed by atoms with Gasteiger partial charge in [-0.25, -0.2) is 0 Å². The molecule has 2 heterocycles. The van der Waals surface area contributed by atoms with Gasteiger partial charge in [0, 0.05) is 13.0 Å². The van der Waals surface area contributed by atoms with Crippen LogP contribution in [0.25, 0.3) is 0 Å². The van der Waals surface area contributed by atoms with Crippen molar-refractivity contribution in [3.05, 3.63) is 24.3 Å². The molecule has 0 amide bonds. The number of esters is 1. The van der Waals surface area contributed by atoms with Crippen LogP contribution in [0.15, 0.2) is 24.3 Å². The standard InChI is InChI=1S/C65H122O14/c1-3-5-7-9-11-13-15-17-19-21-23-25-26-27-29-31-33-35-37-39-41-43-45-47-49-74-51-54(52-75-64-63(73)61(71)59(69)56(79-64)53-76-65-62(72)60(70)58(68)55(50-66)78-65)77-57(67)48-46-44-42-40-38-36-34-32-30-28-24-22-20-18-16-14-12-10-8-6-4-2/h15,17,21,23,54-56,58-66,68-73H,3-14,16,18-20,22,24-53H2,1-2H3/b17-15-,23-21-. The zero-order valence-electron chi connectivity index (χ0n) is 50.4. The van der Waals surface area contributed by atoms with Crippen LogP contribution in [0.4, 0.5) is 0 Å². The van der Waals surface area contributed by atoms with Crippen molar-refractivity contribution in [3.8, 4) is 0 Å². The second-order valence-corrected chi connectivity index (χ2v) is 23.3. The van der Waals surface area contributed by atoms with Gasteiger partial charge in [0.2, 0.25) is 0 Å². The number of ether oxygens (including phenoxy) is 6. The summed E-state index contributed by atoms with van der Waals surface area (Å²) in [6.45, 7) is 3.75. The second kappa shape index (κ2) is 52.1. The summed E-state index contributed by atoms with van der Waals surface area (Å²) in [5.41, 5.74) is 0. The minimum absolute atomic E-state index is 0.0658. The third kappa shape index (κ3) is 38.1. The zero-order valence-corrected chi connectivity index (χ0v) is 50.4. The molecule has 2 saturated heterocycles. The molecule has 14 heteroatoms. The quantitative estimate of drug-likeness (QED) is 0.0172. The van der Waals surface area contributed by atoms with Crippen LogP contribution in [0, 0.1) is 0 Å². The van der Waals surface area contributed by atoms with Gasteiger partial charge >= 0.3 is 5.97 Å². The molecule has 7 N–H and O–H groups in total. The van der Waals surface area contributed by atoms with E-state index in [1.165, 1.54) is 212 Å². The van der Waals surface area contributed by atoms with Gasteiger partial charge in [0.15, 0.2) is 12.6 Å². The summed E-state index contributed by atoms with van der Waals surface area (Å²) >= 11 is 0. The van der Waals surface area contributed by atoms with Crippen molar-refractivity contribution >= 4 is 5.97 Å². The maximum Gasteiger partial charge on any atom is 0.306 e. The van der Waals surface area contributed by atoms with E-state index in [2.05, 4.69) is 38.2 Å². The van der Waals surface area contributed by atoms with Gasteiger partial charge in [0.05, 0.1) is 26.4 Å². The molecule has 0 aromatic heterocycles. The number of hydrogen-bond acceptors (Lipinski definition) is 14. The van der Waals surface area contributed by atoms with Gasteiger partial charge in [-0.2, -0.15) is 0 Å². The highest BCUT2D eigenvalue weighted by Gasteiger charge is 2.47. The van der Waals surface area contributed by atoms with Crippen molar-refractivity contribution in [1.82, 2.24) is 0 Å². The molecule has 0 aromatic rings. The summed E-state index contributed by atoms with van der Waals surface area (Å²) in [6, 6.07) is 0. The fraction of sp³-hybridized carbons (Fsp3) is 0.923. The summed E-state index contributed by atoms with van der Waals surface area (Å²) in [6.07, 6.45) is 45.3. The third-order valence-electron chi connectivity index (χ3n) is 16.0. The number of carbonyl (C=O) groups excluding carboxylic acids is 1. The Bertz CT molecular complexity index is 1400. The van der Waals surface area contributed by atoms with Gasteiger partial charge < -0.3 is 64.2 Å². The van der Waals surface area contributed by atoms with E-state index in [1.807, 2.05) is 0 Å². The summed E-state index contributed by atoms with van der Waals surface area (Å²) < 4.78 is 34.5. The minimum atomic E-state index is -1.70. The first-order chi connectivity index (χ1) is 38.6. The topological polar surface area (TPSA) is 214 Å². The molecule has 0 spiro atoms. The van der Waals surface area contributed by atoms with Crippen molar-refractivity contribution in [2.24, 2.45) is 0 Å². The van der Waals surface area contributed by atoms with Gasteiger partial charge in [0.1, 0.15) is 54.9 Å². The van der Waals surface area contributed by atoms with Crippen LogP contribution < -0.4 is 0 Å². The number of aliphatic hydroxyl groups excluding tert-OH is 7. The van der Waals surface area contributed by atoms with Gasteiger partial charge in [-0.3, -0.25) is 4.79 Å².